The molecule has 1 amide bonds. The van der Waals surface area contributed by atoms with Gasteiger partial charge < -0.3 is 10.1 Å². The molecule has 0 unspecified atom stereocenters. The zero-order chi connectivity index (χ0) is 16.9. The van der Waals surface area contributed by atoms with E-state index in [4.69, 9.17) is 4.74 Å². The predicted molar refractivity (Wildman–Crippen MR) is 90.7 cm³/mol. The zero-order valence-corrected chi connectivity index (χ0v) is 14.1. The minimum absolute atomic E-state index is 0.0740. The van der Waals surface area contributed by atoms with E-state index in [2.05, 4.69) is 26.1 Å². The van der Waals surface area contributed by atoms with Crippen molar-refractivity contribution in [2.45, 2.75) is 45.1 Å². The Hall–Kier alpha value is -2.12. The Morgan fingerprint density at radius 1 is 1.39 bits per heavy atom. The maximum Gasteiger partial charge on any atom is 0.262 e. The molecule has 0 bridgehead atoms. The Labute approximate surface area is 138 Å². The summed E-state index contributed by atoms with van der Waals surface area (Å²) in [7, 11) is 0. The van der Waals surface area contributed by atoms with E-state index in [1.54, 1.807) is 6.08 Å². The fraction of sp³-hybridized carbons (Fsp3) is 0.474. The van der Waals surface area contributed by atoms with Gasteiger partial charge in [-0.25, -0.2) is 0 Å². The lowest BCUT2D eigenvalue weighted by Gasteiger charge is -2.18. The smallest absolute Gasteiger partial charge is 0.262 e. The molecule has 0 radical (unpaired) electrons. The van der Waals surface area contributed by atoms with Crippen molar-refractivity contribution in [3.63, 3.8) is 0 Å². The van der Waals surface area contributed by atoms with Gasteiger partial charge in [-0.1, -0.05) is 45.0 Å². The summed E-state index contributed by atoms with van der Waals surface area (Å²) in [5.74, 6) is -0.345. The summed E-state index contributed by atoms with van der Waals surface area (Å²) in [5.41, 5.74) is 2.27. The Morgan fingerprint density at radius 3 is 2.61 bits per heavy atom. The Bertz CT molecular complexity index is 612. The summed E-state index contributed by atoms with van der Waals surface area (Å²) < 4.78 is 5.46. The summed E-state index contributed by atoms with van der Waals surface area (Å²) >= 11 is 0. The number of nitriles is 1. The van der Waals surface area contributed by atoms with Crippen molar-refractivity contribution >= 4 is 12.0 Å². The lowest BCUT2D eigenvalue weighted by molar-refractivity contribution is -0.117. The van der Waals surface area contributed by atoms with Crippen LogP contribution < -0.4 is 5.32 Å². The van der Waals surface area contributed by atoms with E-state index in [0.29, 0.717) is 6.54 Å². The maximum absolute atomic E-state index is 12.1. The van der Waals surface area contributed by atoms with Crippen LogP contribution in [0.4, 0.5) is 0 Å². The number of amides is 1. The monoisotopic (exact) mass is 312 g/mol. The van der Waals surface area contributed by atoms with Gasteiger partial charge in [0.05, 0.1) is 6.10 Å². The van der Waals surface area contributed by atoms with E-state index in [1.165, 1.54) is 5.56 Å². The highest BCUT2D eigenvalue weighted by molar-refractivity contribution is 6.01. The largest absolute Gasteiger partial charge is 0.376 e. The van der Waals surface area contributed by atoms with Gasteiger partial charge in [0.2, 0.25) is 0 Å². The Morgan fingerprint density at radius 2 is 2.09 bits per heavy atom. The van der Waals surface area contributed by atoms with Gasteiger partial charge in [0.25, 0.3) is 5.91 Å². The molecule has 4 nitrogen and oxygen atoms in total. The normalized spacial score (nSPS) is 18.5. The average Bonchev–Trinajstić information content (AvgIpc) is 3.03. The third kappa shape index (κ3) is 4.94. The lowest BCUT2D eigenvalue weighted by atomic mass is 9.86. The van der Waals surface area contributed by atoms with Crippen molar-refractivity contribution in [1.82, 2.24) is 5.32 Å². The van der Waals surface area contributed by atoms with Gasteiger partial charge in [-0.15, -0.1) is 0 Å². The van der Waals surface area contributed by atoms with Crippen LogP contribution in [0.3, 0.4) is 0 Å². The molecule has 1 heterocycles. The van der Waals surface area contributed by atoms with Crippen LogP contribution in [0.15, 0.2) is 29.8 Å². The number of hydrogen-bond acceptors (Lipinski definition) is 3. The molecule has 1 N–H and O–H groups in total. The van der Waals surface area contributed by atoms with E-state index in [1.807, 2.05) is 30.3 Å². The van der Waals surface area contributed by atoms with Gasteiger partial charge in [0.15, 0.2) is 0 Å². The van der Waals surface area contributed by atoms with Crippen molar-refractivity contribution < 1.29 is 9.53 Å². The van der Waals surface area contributed by atoms with E-state index < -0.39 is 0 Å². The number of carbonyl (C=O) groups is 1. The van der Waals surface area contributed by atoms with Crippen molar-refractivity contribution in [3.05, 3.63) is 41.0 Å². The molecule has 1 aromatic carbocycles. The minimum atomic E-state index is -0.345. The summed E-state index contributed by atoms with van der Waals surface area (Å²) in [5, 5.41) is 12.0. The number of nitrogens with zero attached hydrogens (tertiary/aromatic N) is 1. The van der Waals surface area contributed by atoms with Crippen LogP contribution in [0.5, 0.6) is 0 Å². The first-order valence-electron chi connectivity index (χ1n) is 8.02. The van der Waals surface area contributed by atoms with Gasteiger partial charge in [-0.2, -0.15) is 5.26 Å². The zero-order valence-electron chi connectivity index (χ0n) is 14.1. The molecule has 0 spiro atoms. The highest BCUT2D eigenvalue weighted by atomic mass is 16.5. The van der Waals surface area contributed by atoms with Crippen molar-refractivity contribution in [1.29, 1.82) is 5.26 Å². The number of benzene rings is 1. The highest BCUT2D eigenvalue weighted by Crippen LogP contribution is 2.22. The fourth-order valence-corrected chi connectivity index (χ4v) is 2.50. The van der Waals surface area contributed by atoms with Crippen LogP contribution in [-0.4, -0.2) is 25.2 Å². The second kappa shape index (κ2) is 7.43. The van der Waals surface area contributed by atoms with E-state index in [-0.39, 0.29) is 23.0 Å². The third-order valence-corrected chi connectivity index (χ3v) is 3.97. The molecule has 0 aromatic heterocycles. The number of hydrogen-bond donors (Lipinski definition) is 1. The fourth-order valence-electron chi connectivity index (χ4n) is 2.50. The Balaban J connectivity index is 2.02. The first-order chi connectivity index (χ1) is 10.9. The van der Waals surface area contributed by atoms with Gasteiger partial charge in [-0.05, 0) is 35.5 Å². The minimum Gasteiger partial charge on any atom is -0.376 e. The first-order valence-corrected chi connectivity index (χ1v) is 8.02. The molecule has 1 atom stereocenters. The molecule has 1 aliphatic rings. The molecule has 2 rings (SSSR count). The lowest BCUT2D eigenvalue weighted by Crippen LogP contribution is -2.32. The predicted octanol–water partition coefficient (Wildman–Crippen LogP) is 3.19. The highest BCUT2D eigenvalue weighted by Gasteiger charge is 2.18. The molecule has 0 saturated carbocycles. The maximum atomic E-state index is 12.1. The summed E-state index contributed by atoms with van der Waals surface area (Å²) in [4.78, 5) is 12.1. The molecule has 1 fully saturated rings. The molecular formula is C19H24N2O2. The van der Waals surface area contributed by atoms with Crippen molar-refractivity contribution in [2.24, 2.45) is 0 Å². The van der Waals surface area contributed by atoms with E-state index in [9.17, 15) is 10.1 Å². The van der Waals surface area contributed by atoms with Crippen LogP contribution >= 0.6 is 0 Å². The Kier molecular flexibility index (Phi) is 5.57. The van der Waals surface area contributed by atoms with E-state index >= 15 is 0 Å². The van der Waals surface area contributed by atoms with Gasteiger partial charge in [0.1, 0.15) is 11.6 Å². The quantitative estimate of drug-likeness (QED) is 0.686. The second-order valence-electron chi connectivity index (χ2n) is 6.89. The molecular weight excluding hydrogens is 288 g/mol. The van der Waals surface area contributed by atoms with E-state index in [0.717, 1.165) is 25.0 Å². The first kappa shape index (κ1) is 17.2. The molecule has 0 aliphatic carbocycles. The SMILES string of the molecule is CC(C)(C)c1ccc(/C=C(/C#N)C(=O)NC[C@H]2CCCO2)cc1. The summed E-state index contributed by atoms with van der Waals surface area (Å²) in [6.45, 7) is 7.66. The van der Waals surface area contributed by atoms with Gasteiger partial charge in [0, 0.05) is 13.2 Å². The van der Waals surface area contributed by atoms with Gasteiger partial charge >= 0.3 is 0 Å². The standard InChI is InChI=1S/C19H24N2O2/c1-19(2,3)16-8-6-14(7-9-16)11-15(12-20)18(22)21-13-17-5-4-10-23-17/h6-9,11,17H,4-5,10,13H2,1-3H3,(H,21,22)/b15-11-/t17-/m1/s1. The van der Waals surface area contributed by atoms with Gasteiger partial charge in [-0.3, -0.25) is 4.79 Å². The molecule has 4 heteroatoms. The number of rotatable bonds is 4. The molecule has 1 aromatic rings. The summed E-state index contributed by atoms with van der Waals surface area (Å²) in [6.07, 6.45) is 3.68. The van der Waals surface area contributed by atoms with Crippen molar-refractivity contribution in [3.8, 4) is 6.07 Å². The number of ether oxygens (including phenoxy) is 1. The van der Waals surface area contributed by atoms with Crippen LogP contribution in [0, 0.1) is 11.3 Å². The number of carbonyl (C=O) groups excluding carboxylic acids is 1. The second-order valence-corrected chi connectivity index (χ2v) is 6.89. The topological polar surface area (TPSA) is 62.1 Å². The van der Waals surface area contributed by atoms with Crippen LogP contribution in [-0.2, 0) is 14.9 Å². The van der Waals surface area contributed by atoms with Crippen LogP contribution in [0.2, 0.25) is 0 Å². The number of nitrogens with one attached hydrogen (secondary N) is 1. The third-order valence-electron chi connectivity index (χ3n) is 3.97. The molecule has 122 valence electrons. The van der Waals surface area contributed by atoms with Crippen molar-refractivity contribution in [2.75, 3.05) is 13.2 Å². The van der Waals surface area contributed by atoms with Crippen LogP contribution in [0.1, 0.15) is 44.7 Å². The molecule has 23 heavy (non-hydrogen) atoms. The molecule has 1 aliphatic heterocycles. The molecule has 1 saturated heterocycles. The van der Waals surface area contributed by atoms with Crippen LogP contribution in [0.25, 0.3) is 6.08 Å². The average molecular weight is 312 g/mol. The summed E-state index contributed by atoms with van der Waals surface area (Å²) in [6, 6.07) is 9.92.